The minimum atomic E-state index is -0.680. The van der Waals surface area contributed by atoms with Gasteiger partial charge >= 0.3 is 5.97 Å². The summed E-state index contributed by atoms with van der Waals surface area (Å²) < 4.78 is 0. The van der Waals surface area contributed by atoms with Crippen molar-refractivity contribution >= 4 is 5.97 Å². The van der Waals surface area contributed by atoms with Crippen LogP contribution in [-0.4, -0.2) is 11.1 Å². The fraction of sp³-hybridized carbons (Fsp3) is 0.533. The summed E-state index contributed by atoms with van der Waals surface area (Å²) in [5.74, 6) is 0.582. The Morgan fingerprint density at radius 2 is 1.88 bits per heavy atom. The summed E-state index contributed by atoms with van der Waals surface area (Å²) in [5, 5.41) is 9.05. The summed E-state index contributed by atoms with van der Waals surface area (Å²) in [4.78, 5) is 11.0. The molecule has 1 aliphatic rings. The van der Waals surface area contributed by atoms with Gasteiger partial charge in [-0.15, -0.1) is 0 Å². The highest BCUT2D eigenvalue weighted by molar-refractivity contribution is 5.68. The highest BCUT2D eigenvalue weighted by atomic mass is 16.4. The normalized spacial score (nSPS) is 17.1. The Morgan fingerprint density at radius 1 is 1.29 bits per heavy atom. The first-order valence-corrected chi connectivity index (χ1v) is 6.40. The highest BCUT2D eigenvalue weighted by Gasteiger charge is 2.34. The van der Waals surface area contributed by atoms with Crippen molar-refractivity contribution in [3.63, 3.8) is 0 Å². The van der Waals surface area contributed by atoms with Gasteiger partial charge in [0.1, 0.15) is 0 Å². The number of benzene rings is 1. The van der Waals surface area contributed by atoms with Gasteiger partial charge in [0.05, 0.1) is 6.42 Å². The van der Waals surface area contributed by atoms with Gasteiger partial charge in [-0.05, 0) is 41.7 Å². The van der Waals surface area contributed by atoms with Crippen molar-refractivity contribution in [2.24, 2.45) is 5.92 Å². The Bertz CT molecular complexity index is 405. The van der Waals surface area contributed by atoms with Crippen LogP contribution in [0.5, 0.6) is 0 Å². The van der Waals surface area contributed by atoms with Crippen molar-refractivity contribution in [3.05, 3.63) is 35.4 Å². The lowest BCUT2D eigenvalue weighted by atomic mass is 9.84. The quantitative estimate of drug-likeness (QED) is 0.838. The van der Waals surface area contributed by atoms with E-state index in [4.69, 9.17) is 5.11 Å². The summed E-state index contributed by atoms with van der Waals surface area (Å²) >= 11 is 0. The third-order valence-electron chi connectivity index (χ3n) is 3.60. The van der Waals surface area contributed by atoms with Crippen molar-refractivity contribution in [1.29, 1.82) is 0 Å². The number of carboxylic acid groups (broad SMARTS) is 1. The van der Waals surface area contributed by atoms with Crippen molar-refractivity contribution in [1.82, 2.24) is 0 Å². The molecule has 92 valence electrons. The molecule has 1 aromatic rings. The number of hydrogen-bond acceptors (Lipinski definition) is 1. The molecule has 1 N–H and O–H groups in total. The molecule has 1 fully saturated rings. The summed E-state index contributed by atoms with van der Waals surface area (Å²) in [7, 11) is 0. The zero-order valence-corrected chi connectivity index (χ0v) is 10.5. The summed E-state index contributed by atoms with van der Waals surface area (Å²) in [6.07, 6.45) is 2.64. The molecule has 0 heterocycles. The van der Waals surface area contributed by atoms with Gasteiger partial charge in [-0.25, -0.2) is 0 Å². The molecule has 0 amide bonds. The van der Waals surface area contributed by atoms with Gasteiger partial charge in [0.25, 0.3) is 0 Å². The number of carbonyl (C=O) groups is 1. The van der Waals surface area contributed by atoms with Gasteiger partial charge in [-0.2, -0.15) is 0 Å². The van der Waals surface area contributed by atoms with Crippen LogP contribution in [0.25, 0.3) is 0 Å². The van der Waals surface area contributed by atoms with Crippen molar-refractivity contribution < 1.29 is 9.90 Å². The maximum atomic E-state index is 11.0. The van der Waals surface area contributed by atoms with E-state index >= 15 is 0 Å². The van der Waals surface area contributed by atoms with Crippen LogP contribution >= 0.6 is 0 Å². The first kappa shape index (κ1) is 12.2. The van der Waals surface area contributed by atoms with Gasteiger partial charge < -0.3 is 5.11 Å². The van der Waals surface area contributed by atoms with Crippen molar-refractivity contribution in [2.75, 3.05) is 0 Å². The zero-order chi connectivity index (χ0) is 12.4. The molecule has 2 heteroatoms. The number of carboxylic acids is 1. The van der Waals surface area contributed by atoms with Crippen LogP contribution in [0.1, 0.15) is 56.1 Å². The lowest BCUT2D eigenvalue weighted by Crippen LogP contribution is -2.11. The van der Waals surface area contributed by atoms with E-state index in [1.807, 2.05) is 12.1 Å². The molecule has 0 bridgehead atoms. The van der Waals surface area contributed by atoms with E-state index in [0.717, 1.165) is 0 Å². The molecule has 17 heavy (non-hydrogen) atoms. The molecular weight excluding hydrogens is 212 g/mol. The van der Waals surface area contributed by atoms with E-state index < -0.39 is 5.97 Å². The Balaban J connectivity index is 2.31. The highest BCUT2D eigenvalue weighted by Crippen LogP contribution is 2.46. The topological polar surface area (TPSA) is 37.3 Å². The second kappa shape index (κ2) is 4.91. The van der Waals surface area contributed by atoms with Gasteiger partial charge in [0.15, 0.2) is 0 Å². The minimum Gasteiger partial charge on any atom is -0.481 e. The molecule has 0 saturated heterocycles. The Morgan fingerprint density at radius 3 is 2.35 bits per heavy atom. The van der Waals surface area contributed by atoms with Crippen LogP contribution in [0.3, 0.4) is 0 Å². The van der Waals surface area contributed by atoms with E-state index in [9.17, 15) is 4.79 Å². The second-order valence-electron chi connectivity index (χ2n) is 5.33. The van der Waals surface area contributed by atoms with E-state index in [-0.39, 0.29) is 12.3 Å². The first-order valence-electron chi connectivity index (χ1n) is 6.40. The van der Waals surface area contributed by atoms with E-state index in [1.165, 1.54) is 24.0 Å². The molecule has 1 atom stereocenters. The molecule has 1 unspecified atom stereocenters. The van der Waals surface area contributed by atoms with Crippen LogP contribution < -0.4 is 0 Å². The predicted molar refractivity (Wildman–Crippen MR) is 68.2 cm³/mol. The van der Waals surface area contributed by atoms with Gasteiger partial charge in [0.2, 0.25) is 0 Å². The van der Waals surface area contributed by atoms with E-state index in [1.54, 1.807) is 0 Å². The monoisotopic (exact) mass is 232 g/mol. The molecule has 1 aliphatic carbocycles. The number of hydrogen-bond donors (Lipinski definition) is 1. The summed E-state index contributed by atoms with van der Waals surface area (Å²) in [6, 6.07) is 8.32. The minimum absolute atomic E-state index is 0.214. The fourth-order valence-electron chi connectivity index (χ4n) is 2.59. The summed E-state index contributed by atoms with van der Waals surface area (Å²) in [5.41, 5.74) is 2.57. The predicted octanol–water partition coefficient (Wildman–Crippen LogP) is 3.78. The molecule has 2 rings (SSSR count). The van der Waals surface area contributed by atoms with E-state index in [2.05, 4.69) is 26.0 Å². The second-order valence-corrected chi connectivity index (χ2v) is 5.33. The van der Waals surface area contributed by atoms with Gasteiger partial charge in [-0.1, -0.05) is 38.1 Å². The van der Waals surface area contributed by atoms with Crippen LogP contribution in [0.4, 0.5) is 0 Å². The average Bonchev–Trinajstić information content (AvgIpc) is 3.09. The van der Waals surface area contributed by atoms with Gasteiger partial charge in [0, 0.05) is 0 Å². The van der Waals surface area contributed by atoms with Crippen LogP contribution in [-0.2, 0) is 4.79 Å². The van der Waals surface area contributed by atoms with E-state index in [0.29, 0.717) is 11.8 Å². The van der Waals surface area contributed by atoms with Crippen molar-refractivity contribution in [2.45, 2.75) is 44.9 Å². The standard InChI is InChI=1S/C15H20O2/c1-10(2)12-5-3-4-6-13(12)14(9-15(16)17)11-7-8-11/h3-6,10-11,14H,7-9H2,1-2H3,(H,16,17). The Hall–Kier alpha value is -1.31. The number of aliphatic carboxylic acids is 1. The zero-order valence-electron chi connectivity index (χ0n) is 10.5. The molecular formula is C15H20O2. The molecule has 0 radical (unpaired) electrons. The average molecular weight is 232 g/mol. The first-order chi connectivity index (χ1) is 8.09. The fourth-order valence-corrected chi connectivity index (χ4v) is 2.59. The molecule has 0 spiro atoms. The molecule has 0 aromatic heterocycles. The molecule has 0 aliphatic heterocycles. The molecule has 1 aromatic carbocycles. The number of rotatable bonds is 5. The lowest BCUT2D eigenvalue weighted by Gasteiger charge is -2.20. The van der Waals surface area contributed by atoms with Crippen LogP contribution in [0.2, 0.25) is 0 Å². The lowest BCUT2D eigenvalue weighted by molar-refractivity contribution is -0.137. The Labute approximate surface area is 103 Å². The van der Waals surface area contributed by atoms with Crippen LogP contribution in [0, 0.1) is 5.92 Å². The van der Waals surface area contributed by atoms with Crippen molar-refractivity contribution in [3.8, 4) is 0 Å². The third-order valence-corrected chi connectivity index (χ3v) is 3.60. The smallest absolute Gasteiger partial charge is 0.303 e. The molecule has 1 saturated carbocycles. The largest absolute Gasteiger partial charge is 0.481 e. The van der Waals surface area contributed by atoms with Gasteiger partial charge in [-0.3, -0.25) is 4.79 Å². The third kappa shape index (κ3) is 2.87. The molecule has 2 nitrogen and oxygen atoms in total. The maximum absolute atomic E-state index is 11.0. The van der Waals surface area contributed by atoms with Crippen LogP contribution in [0.15, 0.2) is 24.3 Å². The maximum Gasteiger partial charge on any atom is 0.303 e. The summed E-state index contributed by atoms with van der Waals surface area (Å²) in [6.45, 7) is 4.34. The Kier molecular flexibility index (Phi) is 3.51. The SMILES string of the molecule is CC(C)c1ccccc1C(CC(=O)O)C1CC1.